The van der Waals surface area contributed by atoms with Crippen LogP contribution in [0.25, 0.3) is 0 Å². The second kappa shape index (κ2) is 11.1. The van der Waals surface area contributed by atoms with Gasteiger partial charge in [-0.25, -0.2) is 5.43 Å². The summed E-state index contributed by atoms with van der Waals surface area (Å²) in [5.41, 5.74) is 3.17. The molecule has 28 heavy (non-hydrogen) atoms. The molecule has 0 atom stereocenters. The standard InChI is InChI=1S/C19H19BrCl2N2O4/c1-26-17-10-18(27-2)14(20)8-12(17)11-23-24-19(25)4-3-7-28-16-6-5-13(21)9-15(16)22/h5-6,8-11H,3-4,7H2,1-2H3,(H,24,25)/b23-11+. The second-order valence-electron chi connectivity index (χ2n) is 5.55. The number of amides is 1. The zero-order chi connectivity index (χ0) is 20.5. The number of halogens is 3. The van der Waals surface area contributed by atoms with E-state index in [0.717, 1.165) is 4.47 Å². The first-order valence-electron chi connectivity index (χ1n) is 8.26. The molecule has 0 saturated carbocycles. The molecular weight excluding hydrogens is 471 g/mol. The van der Waals surface area contributed by atoms with Crippen LogP contribution in [0, 0.1) is 0 Å². The molecule has 1 N–H and O–H groups in total. The van der Waals surface area contributed by atoms with E-state index in [4.69, 9.17) is 37.4 Å². The van der Waals surface area contributed by atoms with E-state index >= 15 is 0 Å². The molecule has 0 aliphatic heterocycles. The average molecular weight is 490 g/mol. The molecule has 2 aromatic rings. The quantitative estimate of drug-likeness (QED) is 0.303. The van der Waals surface area contributed by atoms with Gasteiger partial charge in [0.1, 0.15) is 17.2 Å². The summed E-state index contributed by atoms with van der Waals surface area (Å²) in [6.07, 6.45) is 2.27. The van der Waals surface area contributed by atoms with Gasteiger partial charge >= 0.3 is 0 Å². The van der Waals surface area contributed by atoms with Crippen LogP contribution in [-0.4, -0.2) is 32.9 Å². The lowest BCUT2D eigenvalue weighted by atomic mass is 10.2. The van der Waals surface area contributed by atoms with Crippen LogP contribution in [-0.2, 0) is 4.79 Å². The van der Waals surface area contributed by atoms with E-state index in [-0.39, 0.29) is 12.3 Å². The topological polar surface area (TPSA) is 69.2 Å². The first kappa shape index (κ1) is 22.3. The van der Waals surface area contributed by atoms with Gasteiger partial charge in [-0.05, 0) is 46.6 Å². The number of carbonyl (C=O) groups is 1. The average Bonchev–Trinajstić information content (AvgIpc) is 2.66. The Balaban J connectivity index is 1.80. The Kier molecular flexibility index (Phi) is 8.89. The molecule has 0 fully saturated rings. The summed E-state index contributed by atoms with van der Waals surface area (Å²) in [4.78, 5) is 11.9. The van der Waals surface area contributed by atoms with Crippen LogP contribution in [0.15, 0.2) is 39.9 Å². The fourth-order valence-electron chi connectivity index (χ4n) is 2.22. The Labute approximate surface area is 181 Å². The van der Waals surface area contributed by atoms with E-state index in [9.17, 15) is 4.79 Å². The van der Waals surface area contributed by atoms with Gasteiger partial charge in [-0.3, -0.25) is 4.79 Å². The van der Waals surface area contributed by atoms with Crippen molar-refractivity contribution in [3.8, 4) is 17.2 Å². The van der Waals surface area contributed by atoms with Crippen LogP contribution >= 0.6 is 39.1 Å². The predicted molar refractivity (Wildman–Crippen MR) is 114 cm³/mol. The summed E-state index contributed by atoms with van der Waals surface area (Å²) in [6.45, 7) is 0.345. The van der Waals surface area contributed by atoms with Crippen LogP contribution in [0.3, 0.4) is 0 Å². The van der Waals surface area contributed by atoms with E-state index in [0.29, 0.717) is 45.9 Å². The normalized spacial score (nSPS) is 10.8. The maximum Gasteiger partial charge on any atom is 0.240 e. The number of carbonyl (C=O) groups excluding carboxylic acids is 1. The summed E-state index contributed by atoms with van der Waals surface area (Å²) < 4.78 is 16.8. The van der Waals surface area contributed by atoms with Crippen molar-refractivity contribution in [2.75, 3.05) is 20.8 Å². The molecule has 0 unspecified atom stereocenters. The fraction of sp³-hybridized carbons (Fsp3) is 0.263. The van der Waals surface area contributed by atoms with E-state index in [2.05, 4.69) is 26.5 Å². The second-order valence-corrected chi connectivity index (χ2v) is 7.25. The van der Waals surface area contributed by atoms with Gasteiger partial charge in [0.05, 0.1) is 36.5 Å². The Morgan fingerprint density at radius 3 is 2.57 bits per heavy atom. The van der Waals surface area contributed by atoms with Gasteiger partial charge < -0.3 is 14.2 Å². The number of benzene rings is 2. The van der Waals surface area contributed by atoms with E-state index < -0.39 is 0 Å². The predicted octanol–water partition coefficient (Wildman–Crippen LogP) is 5.08. The molecule has 0 aromatic heterocycles. The van der Waals surface area contributed by atoms with Gasteiger partial charge in [0, 0.05) is 23.1 Å². The number of rotatable bonds is 9. The Morgan fingerprint density at radius 2 is 1.89 bits per heavy atom. The summed E-state index contributed by atoms with van der Waals surface area (Å²) in [5.74, 6) is 1.51. The molecule has 0 saturated heterocycles. The number of nitrogens with zero attached hydrogens (tertiary/aromatic N) is 1. The molecule has 0 heterocycles. The highest BCUT2D eigenvalue weighted by molar-refractivity contribution is 9.10. The van der Waals surface area contributed by atoms with Gasteiger partial charge in [-0.2, -0.15) is 5.10 Å². The highest BCUT2D eigenvalue weighted by atomic mass is 79.9. The summed E-state index contributed by atoms with van der Waals surface area (Å²) in [6, 6.07) is 8.50. The summed E-state index contributed by atoms with van der Waals surface area (Å²) in [7, 11) is 3.11. The van der Waals surface area contributed by atoms with Crippen molar-refractivity contribution in [1.82, 2.24) is 5.43 Å². The van der Waals surface area contributed by atoms with Crippen LogP contribution < -0.4 is 19.6 Å². The monoisotopic (exact) mass is 488 g/mol. The molecule has 0 radical (unpaired) electrons. The van der Waals surface area contributed by atoms with Crippen molar-refractivity contribution >= 4 is 51.3 Å². The molecule has 0 spiro atoms. The molecule has 6 nitrogen and oxygen atoms in total. The van der Waals surface area contributed by atoms with Crippen LogP contribution in [0.4, 0.5) is 0 Å². The van der Waals surface area contributed by atoms with Crippen LogP contribution in [0.5, 0.6) is 17.2 Å². The zero-order valence-corrected chi connectivity index (χ0v) is 18.4. The number of methoxy groups -OCH3 is 2. The summed E-state index contributed by atoms with van der Waals surface area (Å²) >= 11 is 15.3. The largest absolute Gasteiger partial charge is 0.496 e. The van der Waals surface area contributed by atoms with Crippen molar-refractivity contribution in [2.24, 2.45) is 5.10 Å². The molecule has 150 valence electrons. The van der Waals surface area contributed by atoms with E-state index in [1.54, 1.807) is 44.6 Å². The van der Waals surface area contributed by atoms with Gasteiger partial charge in [0.25, 0.3) is 0 Å². The van der Waals surface area contributed by atoms with Crippen molar-refractivity contribution in [3.05, 3.63) is 50.4 Å². The fourth-order valence-corrected chi connectivity index (χ4v) is 3.21. The molecular formula is C19H19BrCl2N2O4. The maximum atomic E-state index is 11.9. The third-order valence-electron chi connectivity index (χ3n) is 3.60. The van der Waals surface area contributed by atoms with E-state index in [1.165, 1.54) is 6.21 Å². The van der Waals surface area contributed by atoms with E-state index in [1.807, 2.05) is 0 Å². The maximum absolute atomic E-state index is 11.9. The molecule has 9 heteroatoms. The van der Waals surface area contributed by atoms with Gasteiger partial charge in [-0.15, -0.1) is 0 Å². The summed E-state index contributed by atoms with van der Waals surface area (Å²) in [5, 5.41) is 4.93. The highest BCUT2D eigenvalue weighted by Gasteiger charge is 2.08. The minimum Gasteiger partial charge on any atom is -0.496 e. The number of ether oxygens (including phenoxy) is 3. The van der Waals surface area contributed by atoms with Crippen molar-refractivity contribution in [2.45, 2.75) is 12.8 Å². The third-order valence-corrected chi connectivity index (χ3v) is 4.75. The lowest BCUT2D eigenvalue weighted by molar-refractivity contribution is -0.121. The number of hydrogen-bond acceptors (Lipinski definition) is 5. The first-order chi connectivity index (χ1) is 13.4. The number of hydrazone groups is 1. The van der Waals surface area contributed by atoms with Crippen molar-refractivity contribution in [1.29, 1.82) is 0 Å². The lowest BCUT2D eigenvalue weighted by Gasteiger charge is -2.09. The number of nitrogens with one attached hydrogen (secondary N) is 1. The molecule has 0 bridgehead atoms. The molecule has 2 aromatic carbocycles. The van der Waals surface area contributed by atoms with Crippen molar-refractivity contribution in [3.63, 3.8) is 0 Å². The molecule has 0 aliphatic rings. The SMILES string of the molecule is COc1cc(OC)c(/C=N/NC(=O)CCCOc2ccc(Cl)cc2Cl)cc1Br. The molecule has 2 rings (SSSR count). The molecule has 0 aliphatic carbocycles. The third kappa shape index (κ3) is 6.58. The van der Waals surface area contributed by atoms with Gasteiger partial charge in [0.15, 0.2) is 0 Å². The highest BCUT2D eigenvalue weighted by Crippen LogP contribution is 2.32. The Morgan fingerprint density at radius 1 is 1.14 bits per heavy atom. The Bertz CT molecular complexity index is 862. The zero-order valence-electron chi connectivity index (χ0n) is 15.3. The van der Waals surface area contributed by atoms with Gasteiger partial charge in [-0.1, -0.05) is 23.2 Å². The molecule has 1 amide bonds. The van der Waals surface area contributed by atoms with Crippen LogP contribution in [0.1, 0.15) is 18.4 Å². The van der Waals surface area contributed by atoms with Gasteiger partial charge in [0.2, 0.25) is 5.91 Å². The minimum atomic E-state index is -0.228. The first-order valence-corrected chi connectivity index (χ1v) is 9.80. The lowest BCUT2D eigenvalue weighted by Crippen LogP contribution is -2.18. The Hall–Kier alpha value is -1.96. The van der Waals surface area contributed by atoms with Crippen LogP contribution in [0.2, 0.25) is 10.0 Å². The smallest absolute Gasteiger partial charge is 0.240 e. The number of hydrogen-bond donors (Lipinski definition) is 1. The minimum absolute atomic E-state index is 0.228. The van der Waals surface area contributed by atoms with Crippen molar-refractivity contribution < 1.29 is 19.0 Å².